The van der Waals surface area contributed by atoms with E-state index in [-0.39, 0.29) is 5.91 Å². The normalized spacial score (nSPS) is 10.1. The van der Waals surface area contributed by atoms with Gasteiger partial charge < -0.3 is 10.1 Å². The van der Waals surface area contributed by atoms with E-state index in [2.05, 4.69) is 10.3 Å². The largest absolute Gasteiger partial charge is 0.497 e. The second kappa shape index (κ2) is 6.70. The smallest absolute Gasteiger partial charge is 0.269 e. The fraction of sp³-hybridized carbons (Fsp3) is 0.250. The molecule has 1 N–H and O–H groups in total. The van der Waals surface area contributed by atoms with Crippen LogP contribution in [0.15, 0.2) is 42.5 Å². The molecule has 1 aromatic heterocycles. The molecule has 0 aliphatic carbocycles. The van der Waals surface area contributed by atoms with E-state index in [9.17, 15) is 4.79 Å². The summed E-state index contributed by atoms with van der Waals surface area (Å²) < 4.78 is 5.13. The van der Waals surface area contributed by atoms with E-state index >= 15 is 0 Å². The first kappa shape index (κ1) is 14.1. The average molecular weight is 270 g/mol. The lowest BCUT2D eigenvalue weighted by atomic mass is 10.1. The van der Waals surface area contributed by atoms with Gasteiger partial charge in [-0.05, 0) is 42.8 Å². The Balaban J connectivity index is 2.22. The molecular weight excluding hydrogens is 252 g/mol. The van der Waals surface area contributed by atoms with Crippen LogP contribution in [0.3, 0.4) is 0 Å². The highest BCUT2D eigenvalue weighted by molar-refractivity contribution is 5.92. The standard InChI is InChI=1S/C16H18N2O2/c1-3-11-17-16(19)15-6-4-5-14(18-15)12-7-9-13(20-2)10-8-12/h4-10H,3,11H2,1-2H3,(H,17,19). The minimum atomic E-state index is -0.137. The molecule has 0 spiro atoms. The van der Waals surface area contributed by atoms with E-state index in [0.29, 0.717) is 12.2 Å². The first-order valence-corrected chi connectivity index (χ1v) is 6.64. The van der Waals surface area contributed by atoms with Crippen molar-refractivity contribution in [2.24, 2.45) is 0 Å². The summed E-state index contributed by atoms with van der Waals surface area (Å²) in [5.41, 5.74) is 2.17. The molecule has 0 radical (unpaired) electrons. The molecule has 0 atom stereocenters. The number of pyridine rings is 1. The summed E-state index contributed by atoms with van der Waals surface area (Å²) in [5, 5.41) is 2.82. The molecular formula is C16H18N2O2. The Kier molecular flexibility index (Phi) is 4.71. The maximum atomic E-state index is 11.9. The molecule has 0 saturated carbocycles. The van der Waals surface area contributed by atoms with Gasteiger partial charge in [-0.2, -0.15) is 0 Å². The van der Waals surface area contributed by atoms with Crippen LogP contribution in [0.2, 0.25) is 0 Å². The third-order valence-corrected chi connectivity index (χ3v) is 2.90. The molecule has 0 saturated heterocycles. The minimum absolute atomic E-state index is 0.137. The van der Waals surface area contributed by atoms with Crippen LogP contribution in [-0.4, -0.2) is 24.5 Å². The molecule has 2 aromatic rings. The highest BCUT2D eigenvalue weighted by atomic mass is 16.5. The Morgan fingerprint density at radius 3 is 2.60 bits per heavy atom. The fourth-order valence-corrected chi connectivity index (χ4v) is 1.81. The number of carbonyl (C=O) groups is 1. The van der Waals surface area contributed by atoms with Crippen LogP contribution in [0.1, 0.15) is 23.8 Å². The van der Waals surface area contributed by atoms with Gasteiger partial charge >= 0.3 is 0 Å². The molecule has 2 rings (SSSR count). The second-order valence-electron chi connectivity index (χ2n) is 4.39. The van der Waals surface area contributed by atoms with Crippen molar-refractivity contribution >= 4 is 5.91 Å². The van der Waals surface area contributed by atoms with Gasteiger partial charge in [-0.15, -0.1) is 0 Å². The third kappa shape index (κ3) is 3.35. The zero-order chi connectivity index (χ0) is 14.4. The van der Waals surface area contributed by atoms with E-state index in [1.54, 1.807) is 13.2 Å². The average Bonchev–Trinajstić information content (AvgIpc) is 2.52. The summed E-state index contributed by atoms with van der Waals surface area (Å²) in [6.07, 6.45) is 0.907. The highest BCUT2D eigenvalue weighted by Gasteiger charge is 2.08. The maximum absolute atomic E-state index is 11.9. The van der Waals surface area contributed by atoms with Crippen molar-refractivity contribution in [2.75, 3.05) is 13.7 Å². The number of benzene rings is 1. The van der Waals surface area contributed by atoms with Gasteiger partial charge in [0.15, 0.2) is 0 Å². The lowest BCUT2D eigenvalue weighted by Crippen LogP contribution is -2.24. The first-order chi connectivity index (χ1) is 9.74. The topological polar surface area (TPSA) is 51.2 Å². The lowest BCUT2D eigenvalue weighted by molar-refractivity contribution is 0.0949. The van der Waals surface area contributed by atoms with Crippen LogP contribution < -0.4 is 10.1 Å². The van der Waals surface area contributed by atoms with Gasteiger partial charge in [0.05, 0.1) is 12.8 Å². The highest BCUT2D eigenvalue weighted by Crippen LogP contribution is 2.20. The lowest BCUT2D eigenvalue weighted by Gasteiger charge is -2.06. The van der Waals surface area contributed by atoms with E-state index in [1.807, 2.05) is 43.3 Å². The molecule has 0 fully saturated rings. The summed E-state index contributed by atoms with van der Waals surface area (Å²) >= 11 is 0. The molecule has 0 bridgehead atoms. The predicted octanol–water partition coefficient (Wildman–Crippen LogP) is 2.90. The second-order valence-corrected chi connectivity index (χ2v) is 4.39. The Morgan fingerprint density at radius 2 is 1.95 bits per heavy atom. The van der Waals surface area contributed by atoms with E-state index in [0.717, 1.165) is 23.4 Å². The number of hydrogen-bond donors (Lipinski definition) is 1. The Hall–Kier alpha value is -2.36. The van der Waals surface area contributed by atoms with Crippen LogP contribution >= 0.6 is 0 Å². The Morgan fingerprint density at radius 1 is 1.20 bits per heavy atom. The molecule has 1 aromatic carbocycles. The summed E-state index contributed by atoms with van der Waals surface area (Å²) in [7, 11) is 1.63. The molecule has 4 heteroatoms. The van der Waals surface area contributed by atoms with E-state index in [1.165, 1.54) is 0 Å². The number of ether oxygens (including phenoxy) is 1. The van der Waals surface area contributed by atoms with Gasteiger partial charge in [0.25, 0.3) is 5.91 Å². The van der Waals surface area contributed by atoms with Gasteiger partial charge in [-0.25, -0.2) is 4.98 Å². The van der Waals surface area contributed by atoms with Crippen molar-refractivity contribution in [3.63, 3.8) is 0 Å². The summed E-state index contributed by atoms with van der Waals surface area (Å²) in [5.74, 6) is 0.660. The van der Waals surface area contributed by atoms with Crippen molar-refractivity contribution in [3.8, 4) is 17.0 Å². The maximum Gasteiger partial charge on any atom is 0.269 e. The molecule has 1 heterocycles. The zero-order valence-corrected chi connectivity index (χ0v) is 11.7. The number of hydrogen-bond acceptors (Lipinski definition) is 3. The third-order valence-electron chi connectivity index (χ3n) is 2.90. The van der Waals surface area contributed by atoms with Gasteiger partial charge in [-0.3, -0.25) is 4.79 Å². The van der Waals surface area contributed by atoms with Gasteiger partial charge in [0, 0.05) is 12.1 Å². The predicted molar refractivity (Wildman–Crippen MR) is 78.8 cm³/mol. The van der Waals surface area contributed by atoms with Gasteiger partial charge in [0.2, 0.25) is 0 Å². The van der Waals surface area contributed by atoms with Crippen LogP contribution in [0.4, 0.5) is 0 Å². The van der Waals surface area contributed by atoms with Crippen LogP contribution in [0.5, 0.6) is 5.75 Å². The van der Waals surface area contributed by atoms with E-state index in [4.69, 9.17) is 4.74 Å². The number of aromatic nitrogens is 1. The van der Waals surface area contributed by atoms with Crippen LogP contribution in [0, 0.1) is 0 Å². The van der Waals surface area contributed by atoms with Gasteiger partial charge in [-0.1, -0.05) is 13.0 Å². The van der Waals surface area contributed by atoms with Crippen LogP contribution in [-0.2, 0) is 0 Å². The molecule has 104 valence electrons. The summed E-state index contributed by atoms with van der Waals surface area (Å²) in [6.45, 7) is 2.68. The van der Waals surface area contributed by atoms with Crippen molar-refractivity contribution < 1.29 is 9.53 Å². The van der Waals surface area contributed by atoms with Crippen molar-refractivity contribution in [1.29, 1.82) is 0 Å². The SMILES string of the molecule is CCCNC(=O)c1cccc(-c2ccc(OC)cc2)n1. The summed E-state index contributed by atoms with van der Waals surface area (Å²) in [4.78, 5) is 16.3. The number of rotatable bonds is 5. The molecule has 0 unspecified atom stereocenters. The zero-order valence-electron chi connectivity index (χ0n) is 11.7. The molecule has 0 aliphatic rings. The van der Waals surface area contributed by atoms with Crippen molar-refractivity contribution in [3.05, 3.63) is 48.2 Å². The van der Waals surface area contributed by atoms with Crippen molar-refractivity contribution in [1.82, 2.24) is 10.3 Å². The quantitative estimate of drug-likeness (QED) is 0.909. The Bertz CT molecular complexity index is 579. The summed E-state index contributed by atoms with van der Waals surface area (Å²) in [6, 6.07) is 13.1. The number of nitrogens with one attached hydrogen (secondary N) is 1. The minimum Gasteiger partial charge on any atom is -0.497 e. The van der Waals surface area contributed by atoms with E-state index < -0.39 is 0 Å². The first-order valence-electron chi connectivity index (χ1n) is 6.64. The number of carbonyl (C=O) groups excluding carboxylic acids is 1. The molecule has 0 aliphatic heterocycles. The number of nitrogens with zero attached hydrogens (tertiary/aromatic N) is 1. The number of amides is 1. The van der Waals surface area contributed by atoms with Crippen LogP contribution in [0.25, 0.3) is 11.3 Å². The van der Waals surface area contributed by atoms with Gasteiger partial charge in [0.1, 0.15) is 11.4 Å². The fourth-order valence-electron chi connectivity index (χ4n) is 1.81. The molecule has 1 amide bonds. The number of methoxy groups -OCH3 is 1. The Labute approximate surface area is 118 Å². The van der Waals surface area contributed by atoms with Crippen molar-refractivity contribution in [2.45, 2.75) is 13.3 Å². The molecule has 4 nitrogen and oxygen atoms in total. The molecule has 20 heavy (non-hydrogen) atoms. The monoisotopic (exact) mass is 270 g/mol.